The number of thioether (sulfide) groups is 1. The maximum absolute atomic E-state index is 12.4. The number of nitrogens with two attached hydrogens (primary N) is 1. The Labute approximate surface area is 125 Å². The van der Waals surface area contributed by atoms with Gasteiger partial charge in [0, 0.05) is 17.8 Å². The SMILES string of the molecule is CC1CCC(C(N)=O)CN1C(=O)CSC1CCNCC1. The van der Waals surface area contributed by atoms with E-state index < -0.39 is 0 Å². The second-order valence-electron chi connectivity index (χ2n) is 5.83. The van der Waals surface area contributed by atoms with Gasteiger partial charge in [0.1, 0.15) is 0 Å². The number of rotatable bonds is 4. The number of nitrogens with zero attached hydrogens (tertiary/aromatic N) is 1. The second kappa shape index (κ2) is 7.31. The number of carbonyl (C=O) groups excluding carboxylic acids is 2. The zero-order valence-electron chi connectivity index (χ0n) is 12.1. The van der Waals surface area contributed by atoms with Crippen LogP contribution in [0.3, 0.4) is 0 Å². The van der Waals surface area contributed by atoms with E-state index in [2.05, 4.69) is 12.2 Å². The number of hydrogen-bond donors (Lipinski definition) is 2. The lowest BCUT2D eigenvalue weighted by Gasteiger charge is -2.37. The van der Waals surface area contributed by atoms with Crippen molar-refractivity contribution >= 4 is 23.6 Å². The molecule has 5 nitrogen and oxygen atoms in total. The summed E-state index contributed by atoms with van der Waals surface area (Å²) in [7, 11) is 0. The summed E-state index contributed by atoms with van der Waals surface area (Å²) >= 11 is 1.76. The van der Waals surface area contributed by atoms with Crippen molar-refractivity contribution in [2.75, 3.05) is 25.4 Å². The molecule has 6 heteroatoms. The molecular weight excluding hydrogens is 274 g/mol. The molecule has 2 aliphatic heterocycles. The lowest BCUT2D eigenvalue weighted by atomic mass is 9.93. The van der Waals surface area contributed by atoms with Gasteiger partial charge in [0.2, 0.25) is 11.8 Å². The van der Waals surface area contributed by atoms with Crippen LogP contribution in [0.5, 0.6) is 0 Å². The summed E-state index contributed by atoms with van der Waals surface area (Å²) in [5.74, 6) is 0.243. The molecular formula is C14H25N3O2S. The lowest BCUT2D eigenvalue weighted by Crippen LogP contribution is -2.49. The van der Waals surface area contributed by atoms with Crippen LogP contribution >= 0.6 is 11.8 Å². The van der Waals surface area contributed by atoms with E-state index in [-0.39, 0.29) is 23.8 Å². The summed E-state index contributed by atoms with van der Waals surface area (Å²) in [5.41, 5.74) is 5.38. The smallest absolute Gasteiger partial charge is 0.232 e. The molecule has 2 unspecified atom stereocenters. The summed E-state index contributed by atoms with van der Waals surface area (Å²) in [4.78, 5) is 25.5. The van der Waals surface area contributed by atoms with Crippen molar-refractivity contribution in [1.29, 1.82) is 0 Å². The first kappa shape index (κ1) is 15.6. The first-order valence-corrected chi connectivity index (χ1v) is 8.54. The Kier molecular flexibility index (Phi) is 5.72. The van der Waals surface area contributed by atoms with Crippen LogP contribution in [0.2, 0.25) is 0 Å². The largest absolute Gasteiger partial charge is 0.369 e. The van der Waals surface area contributed by atoms with Crippen molar-refractivity contribution in [3.63, 3.8) is 0 Å². The van der Waals surface area contributed by atoms with Gasteiger partial charge >= 0.3 is 0 Å². The van der Waals surface area contributed by atoms with Crippen molar-refractivity contribution < 1.29 is 9.59 Å². The molecule has 2 amide bonds. The van der Waals surface area contributed by atoms with E-state index in [4.69, 9.17) is 5.73 Å². The Morgan fingerprint density at radius 3 is 2.60 bits per heavy atom. The third-order valence-corrected chi connectivity index (χ3v) is 5.69. The van der Waals surface area contributed by atoms with Crippen LogP contribution in [0.25, 0.3) is 0 Å². The van der Waals surface area contributed by atoms with Gasteiger partial charge in [-0.15, -0.1) is 11.8 Å². The van der Waals surface area contributed by atoms with Gasteiger partial charge in [0.15, 0.2) is 0 Å². The standard InChI is InChI=1S/C14H25N3O2S/c1-10-2-3-11(14(15)19)8-17(10)13(18)9-20-12-4-6-16-7-5-12/h10-12,16H,2-9H2,1H3,(H2,15,19). The van der Waals surface area contributed by atoms with Crippen molar-refractivity contribution in [2.24, 2.45) is 11.7 Å². The molecule has 2 aliphatic rings. The van der Waals surface area contributed by atoms with Crippen LogP contribution in [0.15, 0.2) is 0 Å². The summed E-state index contributed by atoms with van der Waals surface area (Å²) in [6.07, 6.45) is 3.95. The Morgan fingerprint density at radius 1 is 1.25 bits per heavy atom. The minimum Gasteiger partial charge on any atom is -0.369 e. The summed E-state index contributed by atoms with van der Waals surface area (Å²) in [5, 5.41) is 3.92. The predicted octanol–water partition coefficient (Wildman–Crippen LogP) is 0.584. The molecule has 0 spiro atoms. The number of carbonyl (C=O) groups is 2. The normalized spacial score (nSPS) is 28.4. The van der Waals surface area contributed by atoms with Crippen molar-refractivity contribution in [3.8, 4) is 0 Å². The van der Waals surface area contributed by atoms with E-state index >= 15 is 0 Å². The molecule has 0 radical (unpaired) electrons. The van der Waals surface area contributed by atoms with Gasteiger partial charge in [0.05, 0.1) is 11.7 Å². The van der Waals surface area contributed by atoms with Gasteiger partial charge in [-0.3, -0.25) is 9.59 Å². The van der Waals surface area contributed by atoms with Crippen molar-refractivity contribution in [1.82, 2.24) is 10.2 Å². The third-order valence-electron chi connectivity index (χ3n) is 4.33. The van der Waals surface area contributed by atoms with Gasteiger partial charge in [-0.05, 0) is 45.7 Å². The van der Waals surface area contributed by atoms with E-state index in [9.17, 15) is 9.59 Å². The molecule has 20 heavy (non-hydrogen) atoms. The molecule has 0 aromatic rings. The molecule has 3 N–H and O–H groups in total. The fourth-order valence-electron chi connectivity index (χ4n) is 2.92. The molecule has 0 aliphatic carbocycles. The summed E-state index contributed by atoms with van der Waals surface area (Å²) < 4.78 is 0. The first-order chi connectivity index (χ1) is 9.58. The quantitative estimate of drug-likeness (QED) is 0.796. The van der Waals surface area contributed by atoms with Crippen LogP contribution < -0.4 is 11.1 Å². The zero-order valence-corrected chi connectivity index (χ0v) is 13.0. The van der Waals surface area contributed by atoms with Gasteiger partial charge in [-0.25, -0.2) is 0 Å². The highest BCUT2D eigenvalue weighted by molar-refractivity contribution is 8.00. The lowest BCUT2D eigenvalue weighted by molar-refractivity contribution is -0.135. The fourth-order valence-corrected chi connectivity index (χ4v) is 4.03. The summed E-state index contributed by atoms with van der Waals surface area (Å²) in [6.45, 7) is 4.66. The highest BCUT2D eigenvalue weighted by Crippen LogP contribution is 2.25. The van der Waals surface area contributed by atoms with Gasteiger partial charge < -0.3 is 16.0 Å². The topological polar surface area (TPSA) is 75.4 Å². The van der Waals surface area contributed by atoms with E-state index in [0.29, 0.717) is 17.5 Å². The monoisotopic (exact) mass is 299 g/mol. The molecule has 2 rings (SSSR count). The molecule has 0 saturated carbocycles. The molecule has 0 aromatic carbocycles. The molecule has 2 atom stereocenters. The van der Waals surface area contributed by atoms with Gasteiger partial charge in [0.25, 0.3) is 0 Å². The van der Waals surface area contributed by atoms with E-state index in [1.807, 2.05) is 4.90 Å². The molecule has 2 heterocycles. The van der Waals surface area contributed by atoms with Crippen LogP contribution in [0.4, 0.5) is 0 Å². The highest BCUT2D eigenvalue weighted by atomic mass is 32.2. The van der Waals surface area contributed by atoms with Crippen molar-refractivity contribution in [3.05, 3.63) is 0 Å². The van der Waals surface area contributed by atoms with Crippen LogP contribution in [-0.4, -0.2) is 53.4 Å². The van der Waals surface area contributed by atoms with Crippen LogP contribution in [0, 0.1) is 5.92 Å². The average molecular weight is 299 g/mol. The number of nitrogens with one attached hydrogen (secondary N) is 1. The maximum atomic E-state index is 12.4. The summed E-state index contributed by atoms with van der Waals surface area (Å²) in [6, 6.07) is 0.228. The number of hydrogen-bond acceptors (Lipinski definition) is 4. The molecule has 2 fully saturated rings. The van der Waals surface area contributed by atoms with Crippen LogP contribution in [0.1, 0.15) is 32.6 Å². The zero-order chi connectivity index (χ0) is 14.5. The minimum absolute atomic E-state index is 0.159. The highest BCUT2D eigenvalue weighted by Gasteiger charge is 2.31. The Morgan fingerprint density at radius 2 is 1.95 bits per heavy atom. The molecule has 2 saturated heterocycles. The number of piperidine rings is 2. The first-order valence-electron chi connectivity index (χ1n) is 7.49. The Balaban J connectivity index is 1.81. The van der Waals surface area contributed by atoms with E-state index in [1.54, 1.807) is 11.8 Å². The van der Waals surface area contributed by atoms with E-state index in [1.165, 1.54) is 0 Å². The molecule has 114 valence electrons. The Hall–Kier alpha value is -0.750. The Bertz CT molecular complexity index is 358. The van der Waals surface area contributed by atoms with Gasteiger partial charge in [-0.2, -0.15) is 0 Å². The van der Waals surface area contributed by atoms with Crippen molar-refractivity contribution in [2.45, 2.75) is 43.9 Å². The third kappa shape index (κ3) is 4.12. The molecule has 0 bridgehead atoms. The minimum atomic E-state index is -0.277. The number of amides is 2. The number of primary amides is 1. The predicted molar refractivity (Wildman–Crippen MR) is 81.4 cm³/mol. The maximum Gasteiger partial charge on any atom is 0.232 e. The number of likely N-dealkylation sites (tertiary alicyclic amines) is 1. The fraction of sp³-hybridized carbons (Fsp3) is 0.857. The van der Waals surface area contributed by atoms with Gasteiger partial charge in [-0.1, -0.05) is 0 Å². The van der Waals surface area contributed by atoms with Crippen LogP contribution in [-0.2, 0) is 9.59 Å². The average Bonchev–Trinajstić information content (AvgIpc) is 2.46. The molecule has 0 aromatic heterocycles. The second-order valence-corrected chi connectivity index (χ2v) is 7.12. The van der Waals surface area contributed by atoms with E-state index in [0.717, 1.165) is 38.8 Å².